The van der Waals surface area contributed by atoms with Gasteiger partial charge in [0.2, 0.25) is 0 Å². The summed E-state index contributed by atoms with van der Waals surface area (Å²) in [7, 11) is 0. The lowest BCUT2D eigenvalue weighted by Gasteiger charge is -2.23. The van der Waals surface area contributed by atoms with E-state index in [0.29, 0.717) is 37.7 Å². The van der Waals surface area contributed by atoms with Crippen LogP contribution in [0.5, 0.6) is 0 Å². The Bertz CT molecular complexity index is 681. The molecule has 0 nitrogen and oxygen atoms in total. The van der Waals surface area contributed by atoms with Crippen LogP contribution in [0.25, 0.3) is 0 Å². The highest BCUT2D eigenvalue weighted by Gasteiger charge is 2.22. The summed E-state index contributed by atoms with van der Waals surface area (Å²) in [4.78, 5) is 0. The fourth-order valence-electron chi connectivity index (χ4n) is 3.17. The molecule has 0 saturated carbocycles. The van der Waals surface area contributed by atoms with Gasteiger partial charge in [0.1, 0.15) is 17.5 Å². The van der Waals surface area contributed by atoms with E-state index in [1.807, 2.05) is 0 Å². The van der Waals surface area contributed by atoms with E-state index in [9.17, 15) is 13.2 Å². The van der Waals surface area contributed by atoms with Gasteiger partial charge in [-0.3, -0.25) is 0 Å². The molecule has 0 spiro atoms. The monoisotopic (exact) mass is 304 g/mol. The molecule has 0 aromatic carbocycles. The van der Waals surface area contributed by atoms with Crippen LogP contribution in [0.1, 0.15) is 45.4 Å². The molecule has 116 valence electrons. The number of rotatable bonds is 2. The number of hydrogen-bond donors (Lipinski definition) is 0. The van der Waals surface area contributed by atoms with Crippen molar-refractivity contribution in [3.8, 4) is 0 Å². The zero-order chi connectivity index (χ0) is 15.7. The molecule has 0 heterocycles. The second-order valence-electron chi connectivity index (χ2n) is 6.10. The molecule has 0 amide bonds. The lowest BCUT2D eigenvalue weighted by atomic mass is 9.83. The molecule has 0 unspecified atom stereocenters. The number of halogens is 3. The Balaban J connectivity index is 1.87. The van der Waals surface area contributed by atoms with E-state index in [-0.39, 0.29) is 17.5 Å². The zero-order valence-corrected chi connectivity index (χ0v) is 12.7. The van der Waals surface area contributed by atoms with Crippen LogP contribution < -0.4 is 0 Å². The highest BCUT2D eigenvalue weighted by atomic mass is 19.1. The van der Waals surface area contributed by atoms with Gasteiger partial charge in [0.25, 0.3) is 0 Å². The van der Waals surface area contributed by atoms with Gasteiger partial charge < -0.3 is 0 Å². The van der Waals surface area contributed by atoms with Crippen molar-refractivity contribution in [3.05, 3.63) is 69.7 Å². The van der Waals surface area contributed by atoms with Gasteiger partial charge in [0, 0.05) is 6.42 Å². The van der Waals surface area contributed by atoms with Gasteiger partial charge in [-0.25, -0.2) is 13.2 Å². The molecule has 0 atom stereocenters. The lowest BCUT2D eigenvalue weighted by Crippen LogP contribution is -2.05. The minimum absolute atomic E-state index is 0.123. The van der Waals surface area contributed by atoms with Crippen LogP contribution in [-0.2, 0) is 0 Å². The summed E-state index contributed by atoms with van der Waals surface area (Å²) >= 11 is 0. The Morgan fingerprint density at radius 3 is 2.00 bits per heavy atom. The van der Waals surface area contributed by atoms with E-state index in [2.05, 4.69) is 0 Å². The molecule has 0 fully saturated rings. The van der Waals surface area contributed by atoms with Crippen LogP contribution in [0.15, 0.2) is 69.7 Å². The average Bonchev–Trinajstić information content (AvgIpc) is 2.51. The lowest BCUT2D eigenvalue weighted by molar-refractivity contribution is 0.580. The van der Waals surface area contributed by atoms with E-state index in [4.69, 9.17) is 0 Å². The maximum atomic E-state index is 14.4. The Hall–Kier alpha value is -1.77. The summed E-state index contributed by atoms with van der Waals surface area (Å²) < 4.78 is 41.2. The maximum Gasteiger partial charge on any atom is 0.126 e. The highest BCUT2D eigenvalue weighted by molar-refractivity contribution is 5.50. The standard InChI is InChI=1S/C19H19F3/c1-12-2-3-15(11-18(12)21)17-9-6-14(10-19(17)22)13-4-7-16(20)8-5-13/h4,7,10-11H,2-3,5-6,8-9H2,1H3. The van der Waals surface area contributed by atoms with Gasteiger partial charge in [-0.05, 0) is 85.1 Å². The molecule has 0 radical (unpaired) electrons. The van der Waals surface area contributed by atoms with E-state index in [1.165, 1.54) is 12.2 Å². The van der Waals surface area contributed by atoms with Crippen molar-refractivity contribution in [1.82, 2.24) is 0 Å². The SMILES string of the molecule is CC1=C(F)C=C(C2=C(F)C=C(C3=CC=C(F)CC3)CC2)CC1. The molecule has 3 rings (SSSR count). The third-order valence-corrected chi connectivity index (χ3v) is 4.61. The molecule has 0 aromatic rings. The van der Waals surface area contributed by atoms with Gasteiger partial charge in [0.05, 0.1) is 0 Å². The van der Waals surface area contributed by atoms with Crippen molar-refractivity contribution < 1.29 is 13.2 Å². The largest absolute Gasteiger partial charge is 0.212 e. The summed E-state index contributed by atoms with van der Waals surface area (Å²) in [5.41, 5.74) is 4.09. The summed E-state index contributed by atoms with van der Waals surface area (Å²) in [5.74, 6) is -0.621. The molecule has 0 bridgehead atoms. The molecule has 0 aliphatic heterocycles. The van der Waals surface area contributed by atoms with Gasteiger partial charge in [-0.1, -0.05) is 6.08 Å². The van der Waals surface area contributed by atoms with Gasteiger partial charge in [0.15, 0.2) is 0 Å². The summed E-state index contributed by atoms with van der Waals surface area (Å²) in [6.45, 7) is 1.77. The smallest absolute Gasteiger partial charge is 0.126 e. The molecule has 3 heteroatoms. The Morgan fingerprint density at radius 2 is 1.36 bits per heavy atom. The van der Waals surface area contributed by atoms with Crippen LogP contribution in [-0.4, -0.2) is 0 Å². The molecule has 0 saturated heterocycles. The molecular formula is C19H19F3. The fraction of sp³-hybridized carbons (Fsp3) is 0.368. The summed E-state index contributed by atoms with van der Waals surface area (Å²) in [6, 6.07) is 0. The first-order valence-electron chi connectivity index (χ1n) is 7.75. The first-order chi connectivity index (χ1) is 10.5. The van der Waals surface area contributed by atoms with Gasteiger partial charge in [-0.15, -0.1) is 0 Å². The van der Waals surface area contributed by atoms with E-state index < -0.39 is 0 Å². The van der Waals surface area contributed by atoms with E-state index >= 15 is 0 Å². The zero-order valence-electron chi connectivity index (χ0n) is 12.7. The molecule has 0 N–H and O–H groups in total. The first kappa shape index (κ1) is 15.1. The molecule has 0 aromatic heterocycles. The maximum absolute atomic E-state index is 14.4. The second kappa shape index (κ2) is 6.15. The number of allylic oxidation sites excluding steroid dienone is 12. The van der Waals surface area contributed by atoms with Crippen molar-refractivity contribution in [2.24, 2.45) is 0 Å². The molecule has 22 heavy (non-hydrogen) atoms. The summed E-state index contributed by atoms with van der Waals surface area (Å²) in [5, 5.41) is 0. The van der Waals surface area contributed by atoms with E-state index in [1.54, 1.807) is 19.1 Å². The Kier molecular flexibility index (Phi) is 4.23. The third-order valence-electron chi connectivity index (χ3n) is 4.61. The average molecular weight is 304 g/mol. The molecule has 3 aliphatic carbocycles. The van der Waals surface area contributed by atoms with E-state index in [0.717, 1.165) is 28.7 Å². The van der Waals surface area contributed by atoms with Crippen molar-refractivity contribution in [2.75, 3.05) is 0 Å². The normalized spacial score (nSPS) is 23.1. The quantitative estimate of drug-likeness (QED) is 0.548. The second-order valence-corrected chi connectivity index (χ2v) is 6.10. The molecular weight excluding hydrogens is 285 g/mol. The van der Waals surface area contributed by atoms with Crippen LogP contribution in [0.3, 0.4) is 0 Å². The van der Waals surface area contributed by atoms with Crippen molar-refractivity contribution >= 4 is 0 Å². The van der Waals surface area contributed by atoms with Crippen molar-refractivity contribution in [3.63, 3.8) is 0 Å². The summed E-state index contributed by atoms with van der Waals surface area (Å²) in [6.07, 6.45) is 9.90. The predicted molar refractivity (Wildman–Crippen MR) is 83.1 cm³/mol. The Labute approximate surface area is 129 Å². The van der Waals surface area contributed by atoms with Crippen LogP contribution in [0.2, 0.25) is 0 Å². The highest BCUT2D eigenvalue weighted by Crippen LogP contribution is 2.39. The first-order valence-corrected chi connectivity index (χ1v) is 7.75. The fourth-order valence-corrected chi connectivity index (χ4v) is 3.17. The minimum atomic E-state index is -0.268. The van der Waals surface area contributed by atoms with Gasteiger partial charge in [-0.2, -0.15) is 0 Å². The van der Waals surface area contributed by atoms with Gasteiger partial charge >= 0.3 is 0 Å². The molecule has 3 aliphatic rings. The number of hydrogen-bond acceptors (Lipinski definition) is 0. The third kappa shape index (κ3) is 3.03. The van der Waals surface area contributed by atoms with Crippen LogP contribution in [0, 0.1) is 0 Å². The van der Waals surface area contributed by atoms with Crippen LogP contribution >= 0.6 is 0 Å². The minimum Gasteiger partial charge on any atom is -0.212 e. The van der Waals surface area contributed by atoms with Crippen molar-refractivity contribution in [2.45, 2.75) is 45.4 Å². The van der Waals surface area contributed by atoms with Crippen molar-refractivity contribution in [1.29, 1.82) is 0 Å². The topological polar surface area (TPSA) is 0 Å². The van der Waals surface area contributed by atoms with Crippen LogP contribution in [0.4, 0.5) is 13.2 Å². The Morgan fingerprint density at radius 1 is 0.682 bits per heavy atom. The predicted octanol–water partition coefficient (Wildman–Crippen LogP) is 6.47.